The molecule has 0 aliphatic heterocycles. The van der Waals surface area contributed by atoms with Gasteiger partial charge in [-0.25, -0.2) is 4.79 Å². The Morgan fingerprint density at radius 2 is 1.58 bits per heavy atom. The number of nitrogens with two attached hydrogens (primary N) is 1. The maximum absolute atomic E-state index is 12.8. The average molecular weight is 485 g/mol. The topological polar surface area (TPSA) is 191 Å². The first kappa shape index (κ1) is 28.4. The molecule has 0 aliphatic rings. The highest BCUT2D eigenvalue weighted by Crippen LogP contribution is 2.05. The number of hydrogen-bond acceptors (Lipinski definition) is 8. The third-order valence-electron chi connectivity index (χ3n) is 4.74. The molecule has 1 aromatic carbocycles. The summed E-state index contributed by atoms with van der Waals surface area (Å²) in [5.74, 6) is -3.23. The molecule has 0 radical (unpaired) electrons. The smallest absolute Gasteiger partial charge is 0.328 e. The zero-order valence-corrected chi connectivity index (χ0v) is 19.4. The van der Waals surface area contributed by atoms with Crippen LogP contribution in [0, 0.1) is 0 Å². The van der Waals surface area contributed by atoms with Crippen molar-refractivity contribution in [3.8, 4) is 0 Å². The van der Waals surface area contributed by atoms with Gasteiger partial charge >= 0.3 is 5.97 Å². The van der Waals surface area contributed by atoms with E-state index in [0.717, 1.165) is 5.56 Å². The molecular weight excluding hydrogens is 452 g/mol. The minimum atomic E-state index is -1.62. The van der Waals surface area contributed by atoms with Gasteiger partial charge in [-0.15, -0.1) is 0 Å². The average Bonchev–Trinajstić information content (AvgIpc) is 2.78. The van der Waals surface area contributed by atoms with Crippen LogP contribution in [0.25, 0.3) is 0 Å². The zero-order valence-electron chi connectivity index (χ0n) is 18.6. The fourth-order valence-electron chi connectivity index (χ4n) is 2.85. The lowest BCUT2D eigenvalue weighted by atomic mass is 10.1. The second-order valence-corrected chi connectivity index (χ2v) is 8.43. The number of aliphatic hydroxyl groups is 2. The number of carbonyl (C=O) groups is 4. The Kier molecular flexibility index (Phi) is 12.4. The van der Waals surface area contributed by atoms with Gasteiger partial charge in [-0.1, -0.05) is 30.3 Å². The number of benzene rings is 1. The van der Waals surface area contributed by atoms with Gasteiger partial charge in [-0.2, -0.15) is 11.8 Å². The Balaban J connectivity index is 2.82. The van der Waals surface area contributed by atoms with Crippen molar-refractivity contribution in [3.63, 3.8) is 0 Å². The Morgan fingerprint density at radius 1 is 1.00 bits per heavy atom. The molecule has 0 spiro atoms. The molecule has 5 unspecified atom stereocenters. The quantitative estimate of drug-likeness (QED) is 0.160. The third-order valence-corrected chi connectivity index (χ3v) is 5.38. The highest BCUT2D eigenvalue weighted by atomic mass is 32.2. The van der Waals surface area contributed by atoms with Crippen molar-refractivity contribution >= 4 is 35.5 Å². The maximum Gasteiger partial charge on any atom is 0.328 e. The Labute approximate surface area is 196 Å². The minimum absolute atomic E-state index is 0.238. The van der Waals surface area contributed by atoms with E-state index in [9.17, 15) is 29.4 Å². The molecule has 0 bridgehead atoms. The van der Waals surface area contributed by atoms with E-state index in [2.05, 4.69) is 16.0 Å². The molecule has 33 heavy (non-hydrogen) atoms. The zero-order chi connectivity index (χ0) is 25.0. The first-order chi connectivity index (χ1) is 15.6. The number of aliphatic hydroxyl groups excluding tert-OH is 2. The van der Waals surface area contributed by atoms with Gasteiger partial charge in [0.05, 0.1) is 18.8 Å². The van der Waals surface area contributed by atoms with Crippen molar-refractivity contribution in [3.05, 3.63) is 35.9 Å². The van der Waals surface area contributed by atoms with E-state index in [-0.39, 0.29) is 12.8 Å². The van der Waals surface area contributed by atoms with E-state index in [0.29, 0.717) is 5.75 Å². The van der Waals surface area contributed by atoms with Gasteiger partial charge in [0.25, 0.3) is 0 Å². The number of hydrogen-bond donors (Lipinski definition) is 7. The molecule has 0 fully saturated rings. The van der Waals surface area contributed by atoms with Crippen LogP contribution in [0.2, 0.25) is 0 Å². The molecule has 5 atom stereocenters. The van der Waals surface area contributed by atoms with Gasteiger partial charge in [0.15, 0.2) is 6.04 Å². The van der Waals surface area contributed by atoms with Gasteiger partial charge in [-0.05, 0) is 37.3 Å². The number of nitrogens with one attached hydrogen (secondary N) is 3. The summed E-state index contributed by atoms with van der Waals surface area (Å²) in [7, 11) is 0. The molecule has 12 heteroatoms. The summed E-state index contributed by atoms with van der Waals surface area (Å²) in [5.41, 5.74) is 6.84. The van der Waals surface area contributed by atoms with Crippen LogP contribution < -0.4 is 21.7 Å². The lowest BCUT2D eigenvalue weighted by Gasteiger charge is -2.25. The first-order valence-corrected chi connectivity index (χ1v) is 11.7. The van der Waals surface area contributed by atoms with Crippen LogP contribution in [-0.2, 0) is 25.6 Å². The monoisotopic (exact) mass is 484 g/mol. The summed E-state index contributed by atoms with van der Waals surface area (Å²) in [6, 6.07) is 4.10. The number of aliphatic carboxylic acids is 1. The summed E-state index contributed by atoms with van der Waals surface area (Å²) < 4.78 is 0. The normalized spacial score (nSPS) is 15.4. The second kappa shape index (κ2) is 14.5. The molecule has 0 aromatic heterocycles. The van der Waals surface area contributed by atoms with Crippen molar-refractivity contribution in [1.29, 1.82) is 0 Å². The molecule has 0 heterocycles. The van der Waals surface area contributed by atoms with Crippen LogP contribution >= 0.6 is 11.8 Å². The predicted octanol–water partition coefficient (Wildman–Crippen LogP) is -1.78. The largest absolute Gasteiger partial charge is 0.480 e. The van der Waals surface area contributed by atoms with Crippen LogP contribution in [0.3, 0.4) is 0 Å². The first-order valence-electron chi connectivity index (χ1n) is 10.3. The van der Waals surface area contributed by atoms with Crippen LogP contribution in [0.5, 0.6) is 0 Å². The number of carboxylic acids is 1. The summed E-state index contributed by atoms with van der Waals surface area (Å²) in [6.45, 7) is 0.360. The number of rotatable bonds is 14. The Bertz CT molecular complexity index is 794. The van der Waals surface area contributed by atoms with Gasteiger partial charge < -0.3 is 37.0 Å². The van der Waals surface area contributed by atoms with E-state index >= 15 is 0 Å². The molecule has 0 saturated heterocycles. The van der Waals surface area contributed by atoms with Gasteiger partial charge in [0.2, 0.25) is 17.7 Å². The van der Waals surface area contributed by atoms with Gasteiger partial charge in [0, 0.05) is 0 Å². The Morgan fingerprint density at radius 3 is 2.09 bits per heavy atom. The lowest BCUT2D eigenvalue weighted by Crippen LogP contribution is -2.59. The summed E-state index contributed by atoms with van der Waals surface area (Å²) >= 11 is 1.45. The molecule has 1 rings (SSSR count). The van der Waals surface area contributed by atoms with E-state index in [1.54, 1.807) is 0 Å². The standard InChI is InChI=1S/C21H32N4O7S/c1-12(27)17(21(31)32)25-20(30)16(11-26)24-19(29)15(8-9-33-2)23-18(28)14(22)10-13-6-4-3-5-7-13/h3-7,12,14-17,26-27H,8-11,22H2,1-2H3,(H,23,28)(H,24,29)(H,25,30)(H,31,32). The molecule has 11 nitrogen and oxygen atoms in total. The van der Waals surface area contributed by atoms with E-state index in [1.165, 1.54) is 18.7 Å². The van der Waals surface area contributed by atoms with Crippen LogP contribution in [-0.4, -0.2) is 87.9 Å². The minimum Gasteiger partial charge on any atom is -0.480 e. The molecule has 8 N–H and O–H groups in total. The van der Waals surface area contributed by atoms with E-state index in [4.69, 9.17) is 10.8 Å². The maximum atomic E-state index is 12.8. The van der Waals surface area contributed by atoms with E-state index in [1.807, 2.05) is 36.6 Å². The highest BCUT2D eigenvalue weighted by molar-refractivity contribution is 7.98. The van der Waals surface area contributed by atoms with Crippen LogP contribution in [0.4, 0.5) is 0 Å². The summed E-state index contributed by atoms with van der Waals surface area (Å²) in [4.78, 5) is 48.8. The number of carboxylic acid groups (broad SMARTS) is 1. The van der Waals surface area contributed by atoms with Crippen LogP contribution in [0.15, 0.2) is 30.3 Å². The van der Waals surface area contributed by atoms with Crippen LogP contribution in [0.1, 0.15) is 18.9 Å². The van der Waals surface area contributed by atoms with Crippen molar-refractivity contribution in [2.75, 3.05) is 18.6 Å². The lowest BCUT2D eigenvalue weighted by molar-refractivity contribution is -0.145. The molecular formula is C21H32N4O7S. The number of thioether (sulfide) groups is 1. The number of carbonyl (C=O) groups excluding carboxylic acids is 3. The van der Waals surface area contributed by atoms with Crippen molar-refractivity contribution < 1.29 is 34.5 Å². The highest BCUT2D eigenvalue weighted by Gasteiger charge is 2.31. The van der Waals surface area contributed by atoms with Gasteiger partial charge in [0.1, 0.15) is 12.1 Å². The van der Waals surface area contributed by atoms with Crippen molar-refractivity contribution in [1.82, 2.24) is 16.0 Å². The molecule has 1 aromatic rings. The van der Waals surface area contributed by atoms with E-state index < -0.39 is 60.6 Å². The SMILES string of the molecule is CSCCC(NC(=O)C(N)Cc1ccccc1)C(=O)NC(CO)C(=O)NC(C(=O)O)C(C)O. The van der Waals surface area contributed by atoms with Gasteiger partial charge in [-0.3, -0.25) is 14.4 Å². The third kappa shape index (κ3) is 9.78. The molecule has 3 amide bonds. The Hall–Kier alpha value is -2.67. The number of amides is 3. The molecule has 0 saturated carbocycles. The fraction of sp³-hybridized carbons (Fsp3) is 0.524. The molecule has 184 valence electrons. The fourth-order valence-corrected chi connectivity index (χ4v) is 3.32. The summed E-state index contributed by atoms with van der Waals surface area (Å²) in [5, 5.41) is 35.1. The van der Waals surface area contributed by atoms with Crippen molar-refractivity contribution in [2.45, 2.75) is 50.0 Å². The molecule has 0 aliphatic carbocycles. The summed E-state index contributed by atoms with van der Waals surface area (Å²) in [6.07, 6.45) is 0.925. The predicted molar refractivity (Wildman–Crippen MR) is 123 cm³/mol. The second-order valence-electron chi connectivity index (χ2n) is 7.45. The van der Waals surface area contributed by atoms with Crippen molar-refractivity contribution in [2.24, 2.45) is 5.73 Å².